The number of rotatable bonds is 3. The van der Waals surface area contributed by atoms with Gasteiger partial charge in [-0.05, 0) is 12.0 Å². The highest BCUT2D eigenvalue weighted by Gasteiger charge is 1.99. The molecule has 1 atom stereocenters. The third-order valence-corrected chi connectivity index (χ3v) is 2.37. The van der Waals surface area contributed by atoms with Gasteiger partial charge < -0.3 is 5.73 Å². The predicted octanol–water partition coefficient (Wildman–Crippen LogP) is 1.95. The molecule has 0 radical (unpaired) electrons. The molecule has 0 bridgehead atoms. The Labute approximate surface area is 75.7 Å². The topological polar surface area (TPSA) is 26.0 Å². The molecule has 1 rings (SSSR count). The zero-order chi connectivity index (χ0) is 8.10. The van der Waals surface area contributed by atoms with E-state index in [1.165, 1.54) is 5.56 Å². The second kappa shape index (κ2) is 4.52. The van der Waals surface area contributed by atoms with Crippen molar-refractivity contribution in [3.8, 4) is 0 Å². The van der Waals surface area contributed by atoms with Gasteiger partial charge >= 0.3 is 0 Å². The van der Waals surface area contributed by atoms with Gasteiger partial charge in [-0.1, -0.05) is 46.3 Å². The molecule has 0 fully saturated rings. The van der Waals surface area contributed by atoms with E-state index in [-0.39, 0.29) is 6.04 Å². The van der Waals surface area contributed by atoms with Gasteiger partial charge in [0.15, 0.2) is 0 Å². The van der Waals surface area contributed by atoms with Crippen LogP contribution in [-0.4, -0.2) is 11.4 Å². The fourth-order valence-electron chi connectivity index (χ4n) is 0.971. The van der Waals surface area contributed by atoms with Gasteiger partial charge in [0, 0.05) is 11.4 Å². The maximum absolute atomic E-state index is 5.76. The summed E-state index contributed by atoms with van der Waals surface area (Å²) in [6.07, 6.45) is 0.950. The van der Waals surface area contributed by atoms with Crippen molar-refractivity contribution >= 4 is 15.9 Å². The minimum absolute atomic E-state index is 0.234. The minimum Gasteiger partial charge on any atom is -0.327 e. The molecule has 0 aromatic heterocycles. The second-order valence-electron chi connectivity index (χ2n) is 2.60. The molecule has 1 aromatic rings. The normalized spacial score (nSPS) is 12.9. The first-order valence-electron chi connectivity index (χ1n) is 3.68. The van der Waals surface area contributed by atoms with E-state index in [1.54, 1.807) is 0 Å². The molecule has 0 saturated carbocycles. The third-order valence-electron chi connectivity index (χ3n) is 1.54. The van der Waals surface area contributed by atoms with Crippen LogP contribution >= 0.6 is 15.9 Å². The smallest absolute Gasteiger partial charge is 0.0187 e. The van der Waals surface area contributed by atoms with E-state index in [4.69, 9.17) is 5.73 Å². The van der Waals surface area contributed by atoms with E-state index < -0.39 is 0 Å². The van der Waals surface area contributed by atoms with E-state index in [0.717, 1.165) is 11.8 Å². The number of hydrogen-bond acceptors (Lipinski definition) is 1. The number of halogens is 1. The summed E-state index contributed by atoms with van der Waals surface area (Å²) in [6.45, 7) is 0. The molecule has 0 aliphatic heterocycles. The van der Waals surface area contributed by atoms with Crippen LogP contribution in [-0.2, 0) is 6.42 Å². The zero-order valence-corrected chi connectivity index (χ0v) is 7.92. The average Bonchev–Trinajstić information content (AvgIpc) is 2.06. The monoisotopic (exact) mass is 213 g/mol. The molecule has 1 unspecified atom stereocenters. The average molecular weight is 214 g/mol. The van der Waals surface area contributed by atoms with Crippen LogP contribution in [0, 0.1) is 0 Å². The van der Waals surface area contributed by atoms with Crippen LogP contribution in [0.4, 0.5) is 0 Å². The molecule has 1 aromatic carbocycles. The lowest BCUT2D eigenvalue weighted by Gasteiger charge is -2.06. The summed E-state index contributed by atoms with van der Waals surface area (Å²) in [7, 11) is 0. The van der Waals surface area contributed by atoms with Crippen molar-refractivity contribution in [1.82, 2.24) is 0 Å². The van der Waals surface area contributed by atoms with E-state index in [9.17, 15) is 0 Å². The number of benzene rings is 1. The molecule has 0 aliphatic carbocycles. The fourth-order valence-corrected chi connectivity index (χ4v) is 1.20. The first-order valence-corrected chi connectivity index (χ1v) is 4.80. The highest BCUT2D eigenvalue weighted by atomic mass is 79.9. The lowest BCUT2D eigenvalue weighted by atomic mass is 10.1. The highest BCUT2D eigenvalue weighted by molar-refractivity contribution is 9.09. The van der Waals surface area contributed by atoms with Gasteiger partial charge in [0.25, 0.3) is 0 Å². The van der Waals surface area contributed by atoms with Gasteiger partial charge in [-0.2, -0.15) is 0 Å². The predicted molar refractivity (Wildman–Crippen MR) is 51.9 cm³/mol. The Hall–Kier alpha value is -0.340. The van der Waals surface area contributed by atoms with Crippen molar-refractivity contribution in [1.29, 1.82) is 0 Å². The van der Waals surface area contributed by atoms with Crippen LogP contribution < -0.4 is 5.73 Å². The van der Waals surface area contributed by atoms with Gasteiger partial charge in [0.2, 0.25) is 0 Å². The maximum atomic E-state index is 5.76. The fraction of sp³-hybridized carbons (Fsp3) is 0.333. The van der Waals surface area contributed by atoms with Gasteiger partial charge in [0.05, 0.1) is 0 Å². The SMILES string of the molecule is NC(CBr)Cc1ccccc1. The molecular formula is C9H12BrN. The van der Waals surface area contributed by atoms with E-state index in [0.29, 0.717) is 0 Å². The number of alkyl halides is 1. The Balaban J connectivity index is 2.51. The number of hydrogen-bond donors (Lipinski definition) is 1. The Morgan fingerprint density at radius 2 is 1.91 bits per heavy atom. The summed E-state index contributed by atoms with van der Waals surface area (Å²) in [5, 5.41) is 0.863. The second-order valence-corrected chi connectivity index (χ2v) is 3.25. The largest absolute Gasteiger partial charge is 0.327 e. The molecule has 60 valence electrons. The van der Waals surface area contributed by atoms with Crippen LogP contribution in [0.3, 0.4) is 0 Å². The van der Waals surface area contributed by atoms with Crippen molar-refractivity contribution in [2.24, 2.45) is 5.73 Å². The first-order chi connectivity index (χ1) is 5.33. The first kappa shape index (κ1) is 8.75. The van der Waals surface area contributed by atoms with E-state index in [1.807, 2.05) is 18.2 Å². The zero-order valence-electron chi connectivity index (χ0n) is 6.33. The van der Waals surface area contributed by atoms with Crippen LogP contribution in [0.2, 0.25) is 0 Å². The highest BCUT2D eigenvalue weighted by Crippen LogP contribution is 2.02. The summed E-state index contributed by atoms with van der Waals surface area (Å²) >= 11 is 3.35. The molecular weight excluding hydrogens is 202 g/mol. The molecule has 0 heterocycles. The molecule has 0 spiro atoms. The van der Waals surface area contributed by atoms with E-state index in [2.05, 4.69) is 28.1 Å². The molecule has 11 heavy (non-hydrogen) atoms. The van der Waals surface area contributed by atoms with Crippen molar-refractivity contribution in [2.75, 3.05) is 5.33 Å². The van der Waals surface area contributed by atoms with Crippen LogP contribution in [0.15, 0.2) is 30.3 Å². The van der Waals surface area contributed by atoms with Crippen molar-refractivity contribution in [3.05, 3.63) is 35.9 Å². The Bertz CT molecular complexity index is 198. The Kier molecular flexibility index (Phi) is 3.60. The molecule has 0 saturated heterocycles. The molecule has 2 N–H and O–H groups in total. The summed E-state index contributed by atoms with van der Waals surface area (Å²) in [5.74, 6) is 0. The van der Waals surface area contributed by atoms with Gasteiger partial charge in [-0.25, -0.2) is 0 Å². The molecule has 1 nitrogen and oxygen atoms in total. The molecule has 0 amide bonds. The Morgan fingerprint density at radius 1 is 1.27 bits per heavy atom. The summed E-state index contributed by atoms with van der Waals surface area (Å²) in [5.41, 5.74) is 7.06. The number of nitrogens with two attached hydrogens (primary N) is 1. The summed E-state index contributed by atoms with van der Waals surface area (Å²) < 4.78 is 0. The Morgan fingerprint density at radius 3 is 2.45 bits per heavy atom. The van der Waals surface area contributed by atoms with Crippen molar-refractivity contribution in [2.45, 2.75) is 12.5 Å². The molecule has 0 aliphatic rings. The summed E-state index contributed by atoms with van der Waals surface area (Å²) in [6, 6.07) is 10.5. The van der Waals surface area contributed by atoms with E-state index >= 15 is 0 Å². The maximum Gasteiger partial charge on any atom is 0.0187 e. The standard InChI is InChI=1S/C9H12BrN/c10-7-9(11)6-8-4-2-1-3-5-8/h1-5,9H,6-7,11H2. The lowest BCUT2D eigenvalue weighted by Crippen LogP contribution is -2.24. The lowest BCUT2D eigenvalue weighted by molar-refractivity contribution is 0.753. The molecule has 2 heteroatoms. The minimum atomic E-state index is 0.234. The van der Waals surface area contributed by atoms with Gasteiger partial charge in [-0.3, -0.25) is 0 Å². The van der Waals surface area contributed by atoms with Crippen LogP contribution in [0.5, 0.6) is 0 Å². The van der Waals surface area contributed by atoms with Gasteiger partial charge in [0.1, 0.15) is 0 Å². The van der Waals surface area contributed by atoms with Crippen molar-refractivity contribution < 1.29 is 0 Å². The third kappa shape index (κ3) is 3.04. The van der Waals surface area contributed by atoms with Crippen molar-refractivity contribution in [3.63, 3.8) is 0 Å². The van der Waals surface area contributed by atoms with Gasteiger partial charge in [-0.15, -0.1) is 0 Å². The quantitative estimate of drug-likeness (QED) is 0.764. The van der Waals surface area contributed by atoms with Crippen LogP contribution in [0.25, 0.3) is 0 Å². The van der Waals surface area contributed by atoms with Crippen LogP contribution in [0.1, 0.15) is 5.56 Å². The summed E-state index contributed by atoms with van der Waals surface area (Å²) in [4.78, 5) is 0.